The van der Waals surface area contributed by atoms with Crippen LogP contribution in [0.2, 0.25) is 0 Å². The lowest BCUT2D eigenvalue weighted by molar-refractivity contribution is -0.383. The number of carbonyl (C=O) groups is 1. The number of anilines is 1. The Labute approximate surface area is 112 Å². The summed E-state index contributed by atoms with van der Waals surface area (Å²) in [6, 6.07) is 3.90. The molecule has 6 heteroatoms. The van der Waals surface area contributed by atoms with Crippen LogP contribution in [-0.2, 0) is 4.79 Å². The zero-order valence-electron chi connectivity index (χ0n) is 11.3. The summed E-state index contributed by atoms with van der Waals surface area (Å²) < 4.78 is 0. The molecule has 1 rings (SSSR count). The highest BCUT2D eigenvalue weighted by atomic mass is 16.6. The highest BCUT2D eigenvalue weighted by Gasteiger charge is 2.20. The Balaban J connectivity index is 2.89. The Morgan fingerprint density at radius 3 is 2.63 bits per heavy atom. The standard InChI is InChI=1S/C13H19N3O3/c1-8(2)6-10(14)13(17)15-11-7-9(3)4-5-12(11)16(18)19/h4-5,7-8,10H,6,14H2,1-3H3,(H,15,17)/t10-/m1/s1. The van der Waals surface area contributed by atoms with E-state index in [1.165, 1.54) is 6.07 Å². The first-order chi connectivity index (χ1) is 8.81. The third-order valence-corrected chi connectivity index (χ3v) is 2.67. The van der Waals surface area contributed by atoms with Crippen LogP contribution >= 0.6 is 0 Å². The molecular formula is C13H19N3O3. The summed E-state index contributed by atoms with van der Waals surface area (Å²) in [7, 11) is 0. The Kier molecular flexibility index (Phi) is 5.00. The van der Waals surface area contributed by atoms with Gasteiger partial charge in [-0.2, -0.15) is 0 Å². The van der Waals surface area contributed by atoms with E-state index in [0.717, 1.165) is 5.56 Å². The number of aryl methyl sites for hydroxylation is 1. The van der Waals surface area contributed by atoms with Crippen LogP contribution in [0.1, 0.15) is 25.8 Å². The molecule has 0 aliphatic heterocycles. The van der Waals surface area contributed by atoms with Gasteiger partial charge >= 0.3 is 0 Å². The van der Waals surface area contributed by atoms with E-state index < -0.39 is 16.9 Å². The number of benzene rings is 1. The van der Waals surface area contributed by atoms with Gasteiger partial charge in [-0.3, -0.25) is 14.9 Å². The second-order valence-corrected chi connectivity index (χ2v) is 5.00. The van der Waals surface area contributed by atoms with E-state index in [1.54, 1.807) is 19.1 Å². The Bertz CT molecular complexity index is 486. The molecule has 1 atom stereocenters. The van der Waals surface area contributed by atoms with Crippen molar-refractivity contribution in [3.8, 4) is 0 Å². The minimum atomic E-state index is -0.667. The number of amides is 1. The predicted molar refractivity (Wildman–Crippen MR) is 73.9 cm³/mol. The summed E-state index contributed by atoms with van der Waals surface area (Å²) >= 11 is 0. The molecule has 0 bridgehead atoms. The van der Waals surface area contributed by atoms with Crippen LogP contribution in [0.3, 0.4) is 0 Å². The van der Waals surface area contributed by atoms with Crippen molar-refractivity contribution < 1.29 is 9.72 Å². The second-order valence-electron chi connectivity index (χ2n) is 5.00. The summed E-state index contributed by atoms with van der Waals surface area (Å²) in [5, 5.41) is 13.4. The van der Waals surface area contributed by atoms with Crippen molar-refractivity contribution in [3.63, 3.8) is 0 Å². The summed E-state index contributed by atoms with van der Waals surface area (Å²) in [4.78, 5) is 22.2. The molecule has 0 saturated carbocycles. The van der Waals surface area contributed by atoms with Crippen LogP contribution < -0.4 is 11.1 Å². The Morgan fingerprint density at radius 1 is 1.47 bits per heavy atom. The zero-order chi connectivity index (χ0) is 14.6. The van der Waals surface area contributed by atoms with E-state index in [9.17, 15) is 14.9 Å². The molecule has 0 aliphatic rings. The number of hydrogen-bond donors (Lipinski definition) is 2. The molecule has 0 fully saturated rings. The van der Waals surface area contributed by atoms with Gasteiger partial charge in [0.15, 0.2) is 0 Å². The van der Waals surface area contributed by atoms with Crippen LogP contribution in [-0.4, -0.2) is 16.9 Å². The molecule has 0 radical (unpaired) electrons. The summed E-state index contributed by atoms with van der Waals surface area (Å²) in [6.07, 6.45) is 0.533. The molecule has 1 aromatic carbocycles. The maximum Gasteiger partial charge on any atom is 0.292 e. The SMILES string of the molecule is Cc1ccc([N+](=O)[O-])c(NC(=O)[C@H](N)CC(C)C)c1. The average Bonchev–Trinajstić information content (AvgIpc) is 2.27. The number of nitro groups is 1. The van der Waals surface area contributed by atoms with Crippen LogP contribution in [0.4, 0.5) is 11.4 Å². The van der Waals surface area contributed by atoms with Gasteiger partial charge in [0.2, 0.25) is 5.91 Å². The Hall–Kier alpha value is -1.95. The first-order valence-corrected chi connectivity index (χ1v) is 6.12. The van der Waals surface area contributed by atoms with Gasteiger partial charge in [0.25, 0.3) is 5.69 Å². The third-order valence-electron chi connectivity index (χ3n) is 2.67. The lowest BCUT2D eigenvalue weighted by Gasteiger charge is -2.14. The molecule has 1 aromatic rings. The molecular weight excluding hydrogens is 246 g/mol. The zero-order valence-corrected chi connectivity index (χ0v) is 11.3. The normalized spacial score (nSPS) is 12.3. The van der Waals surface area contributed by atoms with Crippen molar-refractivity contribution >= 4 is 17.3 Å². The van der Waals surface area contributed by atoms with E-state index in [0.29, 0.717) is 6.42 Å². The molecule has 1 amide bonds. The number of nitro benzene ring substituents is 1. The van der Waals surface area contributed by atoms with E-state index in [-0.39, 0.29) is 17.3 Å². The van der Waals surface area contributed by atoms with Gasteiger partial charge in [-0.15, -0.1) is 0 Å². The summed E-state index contributed by atoms with van der Waals surface area (Å²) in [6.45, 7) is 5.72. The molecule has 0 unspecified atom stereocenters. The molecule has 104 valence electrons. The van der Waals surface area contributed by atoms with Crippen molar-refractivity contribution in [3.05, 3.63) is 33.9 Å². The van der Waals surface area contributed by atoms with Gasteiger partial charge in [-0.25, -0.2) is 0 Å². The van der Waals surface area contributed by atoms with Gasteiger partial charge in [0, 0.05) is 6.07 Å². The second kappa shape index (κ2) is 6.29. The smallest absolute Gasteiger partial charge is 0.292 e. The maximum atomic E-state index is 11.9. The minimum absolute atomic E-state index is 0.129. The van der Waals surface area contributed by atoms with Crippen LogP contribution in [0.15, 0.2) is 18.2 Å². The number of nitrogens with zero attached hydrogens (tertiary/aromatic N) is 1. The van der Waals surface area contributed by atoms with E-state index in [2.05, 4.69) is 5.32 Å². The molecule has 3 N–H and O–H groups in total. The van der Waals surface area contributed by atoms with Gasteiger partial charge < -0.3 is 11.1 Å². The quantitative estimate of drug-likeness (QED) is 0.630. The van der Waals surface area contributed by atoms with Crippen molar-refractivity contribution in [2.24, 2.45) is 11.7 Å². The highest BCUT2D eigenvalue weighted by molar-refractivity contribution is 5.96. The minimum Gasteiger partial charge on any atom is -0.320 e. The van der Waals surface area contributed by atoms with Crippen molar-refractivity contribution in [1.82, 2.24) is 0 Å². The number of nitrogens with two attached hydrogens (primary N) is 1. The molecule has 0 spiro atoms. The maximum absolute atomic E-state index is 11.9. The lowest BCUT2D eigenvalue weighted by Crippen LogP contribution is -2.36. The fourth-order valence-electron chi connectivity index (χ4n) is 1.75. The number of nitrogens with one attached hydrogen (secondary N) is 1. The third kappa shape index (κ3) is 4.33. The number of rotatable bonds is 5. The van der Waals surface area contributed by atoms with Crippen molar-refractivity contribution in [2.45, 2.75) is 33.2 Å². The van der Waals surface area contributed by atoms with Crippen LogP contribution in [0, 0.1) is 23.0 Å². The van der Waals surface area contributed by atoms with Gasteiger partial charge in [0.05, 0.1) is 11.0 Å². The van der Waals surface area contributed by atoms with Crippen LogP contribution in [0.25, 0.3) is 0 Å². The van der Waals surface area contributed by atoms with Crippen molar-refractivity contribution in [1.29, 1.82) is 0 Å². The van der Waals surface area contributed by atoms with E-state index in [1.807, 2.05) is 13.8 Å². The largest absolute Gasteiger partial charge is 0.320 e. The highest BCUT2D eigenvalue weighted by Crippen LogP contribution is 2.25. The summed E-state index contributed by atoms with van der Waals surface area (Å²) in [5.41, 5.74) is 6.64. The number of hydrogen-bond acceptors (Lipinski definition) is 4. The fourth-order valence-corrected chi connectivity index (χ4v) is 1.75. The Morgan fingerprint density at radius 2 is 2.11 bits per heavy atom. The molecule has 0 aromatic heterocycles. The van der Waals surface area contributed by atoms with Gasteiger partial charge in [-0.05, 0) is 30.9 Å². The fraction of sp³-hybridized carbons (Fsp3) is 0.462. The molecule has 0 saturated heterocycles. The van der Waals surface area contributed by atoms with E-state index >= 15 is 0 Å². The van der Waals surface area contributed by atoms with Crippen LogP contribution in [0.5, 0.6) is 0 Å². The number of carbonyl (C=O) groups excluding carboxylic acids is 1. The molecule has 19 heavy (non-hydrogen) atoms. The average molecular weight is 265 g/mol. The van der Waals surface area contributed by atoms with Gasteiger partial charge in [-0.1, -0.05) is 19.9 Å². The van der Waals surface area contributed by atoms with E-state index in [4.69, 9.17) is 5.73 Å². The van der Waals surface area contributed by atoms with Gasteiger partial charge in [0.1, 0.15) is 5.69 Å². The summed E-state index contributed by atoms with van der Waals surface area (Å²) in [5.74, 6) is -0.115. The molecule has 0 aliphatic carbocycles. The molecule has 6 nitrogen and oxygen atoms in total. The first kappa shape index (κ1) is 15.1. The predicted octanol–water partition coefficient (Wildman–Crippen LogP) is 2.22. The topological polar surface area (TPSA) is 98.3 Å². The lowest BCUT2D eigenvalue weighted by atomic mass is 10.0. The molecule has 0 heterocycles. The van der Waals surface area contributed by atoms with Crippen molar-refractivity contribution in [2.75, 3.05) is 5.32 Å². The first-order valence-electron chi connectivity index (χ1n) is 6.12. The monoisotopic (exact) mass is 265 g/mol.